The predicted molar refractivity (Wildman–Crippen MR) is 112 cm³/mol. The van der Waals surface area contributed by atoms with Gasteiger partial charge in [0.1, 0.15) is 5.82 Å². The lowest BCUT2D eigenvalue weighted by atomic mass is 9.75. The van der Waals surface area contributed by atoms with Gasteiger partial charge >= 0.3 is 0 Å². The van der Waals surface area contributed by atoms with Gasteiger partial charge in [0.15, 0.2) is 0 Å². The molecule has 2 aliphatic rings. The van der Waals surface area contributed by atoms with Crippen LogP contribution in [0.15, 0.2) is 24.3 Å². The molecular formula is C23H37FN2O2. The van der Waals surface area contributed by atoms with Crippen molar-refractivity contribution in [2.75, 3.05) is 44.2 Å². The zero-order valence-electron chi connectivity index (χ0n) is 17.7. The highest BCUT2D eigenvalue weighted by molar-refractivity contribution is 5.47. The molecule has 2 fully saturated rings. The van der Waals surface area contributed by atoms with E-state index in [4.69, 9.17) is 4.74 Å². The summed E-state index contributed by atoms with van der Waals surface area (Å²) >= 11 is 0. The quantitative estimate of drug-likeness (QED) is 0.766. The minimum Gasteiger partial charge on any atom is -0.389 e. The molecule has 1 heterocycles. The van der Waals surface area contributed by atoms with Crippen LogP contribution in [-0.4, -0.2) is 61.5 Å². The van der Waals surface area contributed by atoms with Gasteiger partial charge in [-0.1, -0.05) is 39.3 Å². The van der Waals surface area contributed by atoms with Crippen LogP contribution < -0.4 is 4.90 Å². The van der Waals surface area contributed by atoms with Crippen LogP contribution in [0.5, 0.6) is 0 Å². The molecule has 1 aromatic rings. The van der Waals surface area contributed by atoms with Gasteiger partial charge < -0.3 is 14.7 Å². The number of hydrogen-bond acceptors (Lipinski definition) is 4. The summed E-state index contributed by atoms with van der Waals surface area (Å²) in [5, 5.41) is 10.5. The van der Waals surface area contributed by atoms with Crippen molar-refractivity contribution in [1.29, 1.82) is 0 Å². The SMILES string of the molecule is CC(C)[C@H]1CC[C@@H](C)C[C@H]1OC[C@@H](O)CN1CCN(c2ccccc2F)CC1. The van der Waals surface area contributed by atoms with E-state index in [1.54, 1.807) is 6.07 Å². The average Bonchev–Trinajstić information content (AvgIpc) is 2.67. The third-order valence-corrected chi connectivity index (χ3v) is 6.50. The van der Waals surface area contributed by atoms with E-state index in [-0.39, 0.29) is 11.9 Å². The van der Waals surface area contributed by atoms with Crippen molar-refractivity contribution in [3.05, 3.63) is 30.1 Å². The van der Waals surface area contributed by atoms with Crippen LogP contribution in [0, 0.1) is 23.6 Å². The van der Waals surface area contributed by atoms with E-state index in [1.807, 2.05) is 12.1 Å². The first-order valence-electron chi connectivity index (χ1n) is 11.0. The first-order chi connectivity index (χ1) is 13.4. The van der Waals surface area contributed by atoms with Crippen molar-refractivity contribution in [2.45, 2.75) is 52.2 Å². The van der Waals surface area contributed by atoms with E-state index in [1.165, 1.54) is 18.9 Å². The molecular weight excluding hydrogens is 355 g/mol. The van der Waals surface area contributed by atoms with Crippen molar-refractivity contribution >= 4 is 5.69 Å². The molecule has 0 amide bonds. The van der Waals surface area contributed by atoms with Crippen LogP contribution in [0.2, 0.25) is 0 Å². The molecule has 3 rings (SSSR count). The van der Waals surface area contributed by atoms with Crippen molar-refractivity contribution in [1.82, 2.24) is 4.90 Å². The first-order valence-corrected chi connectivity index (χ1v) is 11.0. The summed E-state index contributed by atoms with van der Waals surface area (Å²) in [5.41, 5.74) is 0.678. The maximum atomic E-state index is 14.0. The summed E-state index contributed by atoms with van der Waals surface area (Å²) < 4.78 is 20.2. The summed E-state index contributed by atoms with van der Waals surface area (Å²) in [6.07, 6.45) is 3.44. The van der Waals surface area contributed by atoms with Gasteiger partial charge in [-0.15, -0.1) is 0 Å². The van der Waals surface area contributed by atoms with Gasteiger partial charge in [0.25, 0.3) is 0 Å². The molecule has 0 radical (unpaired) electrons. The second kappa shape index (κ2) is 10.0. The zero-order valence-corrected chi connectivity index (χ0v) is 17.7. The van der Waals surface area contributed by atoms with Gasteiger partial charge in [0.05, 0.1) is 24.5 Å². The van der Waals surface area contributed by atoms with Crippen LogP contribution in [0.4, 0.5) is 10.1 Å². The maximum absolute atomic E-state index is 14.0. The van der Waals surface area contributed by atoms with Crippen LogP contribution >= 0.6 is 0 Å². The van der Waals surface area contributed by atoms with Crippen LogP contribution in [0.1, 0.15) is 40.0 Å². The molecule has 4 atom stereocenters. The van der Waals surface area contributed by atoms with Crippen LogP contribution in [0.25, 0.3) is 0 Å². The number of aliphatic hydroxyl groups is 1. The summed E-state index contributed by atoms with van der Waals surface area (Å²) in [7, 11) is 0. The van der Waals surface area contributed by atoms with E-state index in [0.717, 1.165) is 32.6 Å². The fourth-order valence-electron chi connectivity index (χ4n) is 4.77. The topological polar surface area (TPSA) is 35.9 Å². The molecule has 1 aliphatic heterocycles. The van der Waals surface area contributed by atoms with Crippen LogP contribution in [0.3, 0.4) is 0 Å². The summed E-state index contributed by atoms with van der Waals surface area (Å²) in [5.74, 6) is 1.78. The molecule has 1 aromatic carbocycles. The Balaban J connectivity index is 1.42. The Morgan fingerprint density at radius 1 is 1.14 bits per heavy atom. The van der Waals surface area contributed by atoms with E-state index in [0.29, 0.717) is 36.6 Å². The molecule has 158 valence electrons. The third-order valence-electron chi connectivity index (χ3n) is 6.50. The molecule has 1 aliphatic carbocycles. The molecule has 0 unspecified atom stereocenters. The van der Waals surface area contributed by atoms with Gasteiger partial charge in [0.2, 0.25) is 0 Å². The Hall–Kier alpha value is -1.17. The second-order valence-electron chi connectivity index (χ2n) is 9.09. The van der Waals surface area contributed by atoms with E-state index >= 15 is 0 Å². The van der Waals surface area contributed by atoms with Gasteiger partial charge in [0, 0.05) is 32.7 Å². The summed E-state index contributed by atoms with van der Waals surface area (Å²) in [6.45, 7) is 11.1. The lowest BCUT2D eigenvalue weighted by Gasteiger charge is -2.39. The maximum Gasteiger partial charge on any atom is 0.146 e. The summed E-state index contributed by atoms with van der Waals surface area (Å²) in [6, 6.07) is 6.95. The fraction of sp³-hybridized carbons (Fsp3) is 0.739. The minimum atomic E-state index is -0.468. The Morgan fingerprint density at radius 2 is 1.86 bits per heavy atom. The number of nitrogens with zero attached hydrogens (tertiary/aromatic N) is 2. The number of halogens is 1. The standard InChI is InChI=1S/C23H37FN2O2/c1-17(2)20-9-8-18(3)14-23(20)28-16-19(27)15-25-10-12-26(13-11-25)22-7-5-4-6-21(22)24/h4-7,17-20,23,27H,8-16H2,1-3H3/t18-,19+,20-,23-/m1/s1. The Kier molecular flexibility index (Phi) is 7.72. The Morgan fingerprint density at radius 3 is 2.54 bits per heavy atom. The molecule has 0 bridgehead atoms. The van der Waals surface area contributed by atoms with Crippen molar-refractivity contribution < 1.29 is 14.2 Å². The fourth-order valence-corrected chi connectivity index (χ4v) is 4.77. The number of anilines is 1. The highest BCUT2D eigenvalue weighted by atomic mass is 19.1. The number of β-amino-alcohol motifs (C(OH)–C–C–N with tert-alkyl or cyclic N) is 1. The highest BCUT2D eigenvalue weighted by Crippen LogP contribution is 2.35. The number of aliphatic hydroxyl groups excluding tert-OH is 1. The predicted octanol–water partition coefficient (Wildman–Crippen LogP) is 3.79. The largest absolute Gasteiger partial charge is 0.389 e. The van der Waals surface area contributed by atoms with Gasteiger partial charge in [-0.05, 0) is 42.7 Å². The lowest BCUT2D eigenvalue weighted by Crippen LogP contribution is -2.49. The van der Waals surface area contributed by atoms with E-state index in [9.17, 15) is 9.50 Å². The monoisotopic (exact) mass is 392 g/mol. The number of rotatable bonds is 7. The number of hydrogen-bond donors (Lipinski definition) is 1. The number of ether oxygens (including phenoxy) is 1. The Labute approximate surface area is 169 Å². The summed E-state index contributed by atoms with van der Waals surface area (Å²) in [4.78, 5) is 4.35. The van der Waals surface area contributed by atoms with E-state index < -0.39 is 6.10 Å². The van der Waals surface area contributed by atoms with Crippen molar-refractivity contribution in [2.24, 2.45) is 17.8 Å². The number of benzene rings is 1. The zero-order chi connectivity index (χ0) is 20.1. The Bertz CT molecular complexity index is 604. The molecule has 1 saturated carbocycles. The molecule has 4 nitrogen and oxygen atoms in total. The van der Waals surface area contributed by atoms with Gasteiger partial charge in [-0.25, -0.2) is 4.39 Å². The second-order valence-corrected chi connectivity index (χ2v) is 9.09. The number of piperazine rings is 1. The number of para-hydroxylation sites is 1. The van der Waals surface area contributed by atoms with Gasteiger partial charge in [-0.3, -0.25) is 4.90 Å². The van der Waals surface area contributed by atoms with E-state index in [2.05, 4.69) is 30.6 Å². The normalized spacial score (nSPS) is 27.9. The first kappa shape index (κ1) is 21.5. The molecule has 1 saturated heterocycles. The smallest absolute Gasteiger partial charge is 0.146 e. The molecule has 1 N–H and O–H groups in total. The van der Waals surface area contributed by atoms with Crippen LogP contribution in [-0.2, 0) is 4.74 Å². The average molecular weight is 393 g/mol. The molecule has 0 spiro atoms. The van der Waals surface area contributed by atoms with Crippen molar-refractivity contribution in [3.8, 4) is 0 Å². The molecule has 28 heavy (non-hydrogen) atoms. The lowest BCUT2D eigenvalue weighted by molar-refractivity contribution is -0.0740. The minimum absolute atomic E-state index is 0.161. The van der Waals surface area contributed by atoms with Crippen molar-refractivity contribution in [3.63, 3.8) is 0 Å². The third kappa shape index (κ3) is 5.68. The molecule has 0 aromatic heterocycles. The molecule has 5 heteroatoms. The highest BCUT2D eigenvalue weighted by Gasteiger charge is 2.32. The van der Waals surface area contributed by atoms with Gasteiger partial charge in [-0.2, -0.15) is 0 Å².